The van der Waals surface area contributed by atoms with Crippen LogP contribution in [0.5, 0.6) is 0 Å². The van der Waals surface area contributed by atoms with Crippen LogP contribution in [0.25, 0.3) is 0 Å². The molecular formula is C7H10ClFN2O2. The van der Waals surface area contributed by atoms with E-state index in [1.165, 1.54) is 0 Å². The number of carbonyl (C=O) groups excluding carboxylic acids is 2. The predicted molar refractivity (Wildman–Crippen MR) is 44.9 cm³/mol. The molecule has 0 saturated carbocycles. The molecule has 0 aliphatic carbocycles. The fraction of sp³-hybridized carbons (Fsp3) is 0.714. The van der Waals surface area contributed by atoms with E-state index in [1.54, 1.807) is 0 Å². The van der Waals surface area contributed by atoms with E-state index >= 15 is 0 Å². The van der Waals surface area contributed by atoms with Gasteiger partial charge in [0.2, 0.25) is 11.8 Å². The molecule has 1 heterocycles. The maximum absolute atomic E-state index is 12.8. The zero-order chi connectivity index (χ0) is 10.0. The molecule has 2 amide bonds. The number of hydrogen-bond donors (Lipinski definition) is 1. The summed E-state index contributed by atoms with van der Waals surface area (Å²) in [5, 5.41) is 0. The van der Waals surface area contributed by atoms with Crippen molar-refractivity contribution in [1.29, 1.82) is 0 Å². The van der Waals surface area contributed by atoms with Crippen LogP contribution in [0.15, 0.2) is 0 Å². The summed E-state index contributed by atoms with van der Waals surface area (Å²) in [7, 11) is 0. The van der Waals surface area contributed by atoms with Gasteiger partial charge in [-0.05, 0) is 0 Å². The Kier molecular flexibility index (Phi) is 3.08. The van der Waals surface area contributed by atoms with Gasteiger partial charge in [-0.15, -0.1) is 11.6 Å². The average molecular weight is 209 g/mol. The van der Waals surface area contributed by atoms with Gasteiger partial charge in [-0.25, -0.2) is 4.39 Å². The van der Waals surface area contributed by atoms with Gasteiger partial charge in [-0.3, -0.25) is 9.59 Å². The highest BCUT2D eigenvalue weighted by Gasteiger charge is 2.38. The second-order valence-electron chi connectivity index (χ2n) is 2.93. The Balaban J connectivity index is 2.71. The van der Waals surface area contributed by atoms with Crippen molar-refractivity contribution in [3.63, 3.8) is 0 Å². The Bertz CT molecular complexity index is 237. The number of likely N-dealkylation sites (tertiary alicyclic amines) is 1. The number of carbonyl (C=O) groups is 2. The van der Waals surface area contributed by atoms with E-state index in [4.69, 9.17) is 17.3 Å². The highest BCUT2D eigenvalue weighted by molar-refractivity contribution is 6.27. The first kappa shape index (κ1) is 10.2. The minimum atomic E-state index is -1.18. The van der Waals surface area contributed by atoms with Crippen LogP contribution in [-0.4, -0.2) is 41.4 Å². The smallest absolute Gasteiger partial charge is 0.240 e. The Morgan fingerprint density at radius 2 is 2.23 bits per heavy atom. The molecule has 0 aromatic heterocycles. The minimum Gasteiger partial charge on any atom is -0.368 e. The summed E-state index contributed by atoms with van der Waals surface area (Å²) in [6.45, 7) is -0.0842. The first-order valence-corrected chi connectivity index (χ1v) is 4.38. The number of hydrogen-bond acceptors (Lipinski definition) is 2. The number of amides is 2. The average Bonchev–Trinajstić information content (AvgIpc) is 2.46. The summed E-state index contributed by atoms with van der Waals surface area (Å²) in [4.78, 5) is 23.0. The quantitative estimate of drug-likeness (QED) is 0.631. The minimum absolute atomic E-state index is 0.0159. The summed E-state index contributed by atoms with van der Waals surface area (Å²) in [5.41, 5.74) is 5.00. The molecule has 6 heteroatoms. The zero-order valence-corrected chi connectivity index (χ0v) is 7.63. The third-order valence-electron chi connectivity index (χ3n) is 2.01. The molecule has 2 atom stereocenters. The lowest BCUT2D eigenvalue weighted by Gasteiger charge is -2.20. The van der Waals surface area contributed by atoms with E-state index in [-0.39, 0.29) is 18.8 Å². The van der Waals surface area contributed by atoms with Crippen molar-refractivity contribution in [1.82, 2.24) is 4.90 Å². The van der Waals surface area contributed by atoms with Gasteiger partial charge < -0.3 is 10.6 Å². The molecule has 1 fully saturated rings. The van der Waals surface area contributed by atoms with Gasteiger partial charge in [0, 0.05) is 6.42 Å². The van der Waals surface area contributed by atoms with Crippen molar-refractivity contribution < 1.29 is 14.0 Å². The summed E-state index contributed by atoms with van der Waals surface area (Å²) in [6.07, 6.45) is -1.19. The molecule has 0 aromatic carbocycles. The van der Waals surface area contributed by atoms with Crippen molar-refractivity contribution in [3.05, 3.63) is 0 Å². The van der Waals surface area contributed by atoms with Gasteiger partial charge >= 0.3 is 0 Å². The largest absolute Gasteiger partial charge is 0.368 e. The molecule has 74 valence electrons. The summed E-state index contributed by atoms with van der Waals surface area (Å²) in [5.74, 6) is -1.39. The second-order valence-corrected chi connectivity index (χ2v) is 3.20. The fourth-order valence-electron chi connectivity index (χ4n) is 1.41. The summed E-state index contributed by atoms with van der Waals surface area (Å²) >= 11 is 5.28. The third kappa shape index (κ3) is 2.09. The van der Waals surface area contributed by atoms with Crippen molar-refractivity contribution in [2.24, 2.45) is 5.73 Å². The fourth-order valence-corrected chi connectivity index (χ4v) is 1.56. The standard InChI is InChI=1S/C7H10ClFN2O2/c8-2-6(12)11-3-4(9)1-5(11)7(10)13/h4-5H,1-3H2,(H2,10,13)/t4-,5?/m0/s1. The lowest BCUT2D eigenvalue weighted by molar-refractivity contribution is -0.135. The zero-order valence-electron chi connectivity index (χ0n) is 6.87. The molecule has 1 unspecified atom stereocenters. The lowest BCUT2D eigenvalue weighted by Crippen LogP contribution is -2.44. The Labute approximate surface area is 79.8 Å². The molecule has 1 aliphatic heterocycles. The van der Waals surface area contributed by atoms with E-state index in [2.05, 4.69) is 0 Å². The van der Waals surface area contributed by atoms with E-state index < -0.39 is 24.0 Å². The Morgan fingerprint density at radius 3 is 2.69 bits per heavy atom. The molecule has 1 aliphatic rings. The molecule has 0 radical (unpaired) electrons. The highest BCUT2D eigenvalue weighted by atomic mass is 35.5. The second kappa shape index (κ2) is 3.91. The maximum atomic E-state index is 12.8. The van der Waals surface area contributed by atoms with Gasteiger partial charge in [-0.1, -0.05) is 0 Å². The van der Waals surface area contributed by atoms with Crippen LogP contribution in [-0.2, 0) is 9.59 Å². The van der Waals surface area contributed by atoms with Gasteiger partial charge in [-0.2, -0.15) is 0 Å². The first-order chi connectivity index (χ1) is 6.06. The molecule has 4 nitrogen and oxygen atoms in total. The number of primary amides is 1. The van der Waals surface area contributed by atoms with Crippen LogP contribution in [0.3, 0.4) is 0 Å². The van der Waals surface area contributed by atoms with Crippen LogP contribution in [0.4, 0.5) is 4.39 Å². The molecule has 0 spiro atoms. The van der Waals surface area contributed by atoms with Crippen molar-refractivity contribution in [3.8, 4) is 0 Å². The molecule has 13 heavy (non-hydrogen) atoms. The van der Waals surface area contributed by atoms with Crippen molar-refractivity contribution in [2.75, 3.05) is 12.4 Å². The Morgan fingerprint density at radius 1 is 1.62 bits per heavy atom. The van der Waals surface area contributed by atoms with E-state index in [1.807, 2.05) is 0 Å². The van der Waals surface area contributed by atoms with Crippen LogP contribution in [0.1, 0.15) is 6.42 Å². The molecular weight excluding hydrogens is 199 g/mol. The van der Waals surface area contributed by atoms with E-state index in [0.29, 0.717) is 0 Å². The van der Waals surface area contributed by atoms with Gasteiger partial charge in [0.15, 0.2) is 0 Å². The highest BCUT2D eigenvalue weighted by Crippen LogP contribution is 2.20. The molecule has 0 bridgehead atoms. The van der Waals surface area contributed by atoms with E-state index in [9.17, 15) is 14.0 Å². The number of alkyl halides is 2. The van der Waals surface area contributed by atoms with Gasteiger partial charge in [0.05, 0.1) is 6.54 Å². The number of nitrogens with zero attached hydrogens (tertiary/aromatic N) is 1. The summed E-state index contributed by atoms with van der Waals surface area (Å²) in [6, 6.07) is -0.832. The SMILES string of the molecule is NC(=O)C1C[C@H](F)CN1C(=O)CCl. The molecule has 1 rings (SSSR count). The topological polar surface area (TPSA) is 63.4 Å². The Hall–Kier alpha value is -0.840. The van der Waals surface area contributed by atoms with Crippen LogP contribution < -0.4 is 5.73 Å². The predicted octanol–water partition coefficient (Wildman–Crippen LogP) is -0.351. The summed E-state index contributed by atoms with van der Waals surface area (Å²) < 4.78 is 12.8. The van der Waals surface area contributed by atoms with E-state index in [0.717, 1.165) is 4.90 Å². The lowest BCUT2D eigenvalue weighted by atomic mass is 10.2. The number of halogens is 2. The molecule has 1 saturated heterocycles. The normalized spacial score (nSPS) is 27.7. The third-order valence-corrected chi connectivity index (χ3v) is 2.24. The number of nitrogens with two attached hydrogens (primary N) is 1. The van der Waals surface area contributed by atoms with Crippen LogP contribution in [0.2, 0.25) is 0 Å². The van der Waals surface area contributed by atoms with Crippen LogP contribution in [0, 0.1) is 0 Å². The molecule has 2 N–H and O–H groups in total. The van der Waals surface area contributed by atoms with Gasteiger partial charge in [0.1, 0.15) is 18.1 Å². The van der Waals surface area contributed by atoms with Crippen LogP contribution >= 0.6 is 11.6 Å². The van der Waals surface area contributed by atoms with Crippen molar-refractivity contribution in [2.45, 2.75) is 18.6 Å². The maximum Gasteiger partial charge on any atom is 0.240 e. The first-order valence-electron chi connectivity index (χ1n) is 3.85. The van der Waals surface area contributed by atoms with Crippen molar-refractivity contribution >= 4 is 23.4 Å². The molecule has 0 aromatic rings. The monoisotopic (exact) mass is 208 g/mol. The number of rotatable bonds is 2. The van der Waals surface area contributed by atoms with Gasteiger partial charge in [0.25, 0.3) is 0 Å².